The van der Waals surface area contributed by atoms with Crippen LogP contribution in [0, 0.1) is 5.41 Å². The molecular weight excluding hydrogens is 369 g/mol. The van der Waals surface area contributed by atoms with Crippen molar-refractivity contribution in [2.45, 2.75) is 45.8 Å². The van der Waals surface area contributed by atoms with Crippen LogP contribution in [-0.2, 0) is 4.79 Å². The Bertz CT molecular complexity index is 859. The molecule has 2 aromatic carbocycles. The van der Waals surface area contributed by atoms with E-state index in [2.05, 4.69) is 5.43 Å². The molecule has 1 atom stereocenters. The van der Waals surface area contributed by atoms with Crippen LogP contribution < -0.4 is 10.2 Å². The van der Waals surface area contributed by atoms with E-state index in [0.717, 1.165) is 17.9 Å². The molecule has 0 spiro atoms. The van der Waals surface area contributed by atoms with Crippen molar-refractivity contribution in [3.63, 3.8) is 0 Å². The molecule has 7 heteroatoms. The molecule has 1 N–H and O–H groups in total. The summed E-state index contributed by atoms with van der Waals surface area (Å²) in [4.78, 5) is 12.1. The molecule has 0 bridgehead atoms. The lowest BCUT2D eigenvalue weighted by Gasteiger charge is -2.31. The number of carbonyl (C=O) groups excluding carboxylic acids is 1. The number of benzene rings is 2. The molecule has 28 heavy (non-hydrogen) atoms. The number of carbonyl (C=O) groups is 1. The van der Waals surface area contributed by atoms with Gasteiger partial charge < -0.3 is 4.74 Å². The smallest absolute Gasteiger partial charge is 0.409 e. The summed E-state index contributed by atoms with van der Waals surface area (Å²) in [6.45, 7) is 5.70. The van der Waals surface area contributed by atoms with E-state index in [1.54, 1.807) is 44.2 Å². The van der Waals surface area contributed by atoms with Gasteiger partial charge in [-0.15, -0.1) is 0 Å². The Balaban J connectivity index is 2.11. The van der Waals surface area contributed by atoms with Crippen LogP contribution in [0.5, 0.6) is 5.75 Å². The van der Waals surface area contributed by atoms with E-state index in [-0.39, 0.29) is 12.1 Å². The Morgan fingerprint density at radius 2 is 1.89 bits per heavy atom. The molecule has 3 rings (SSSR count). The second kappa shape index (κ2) is 7.62. The average Bonchev–Trinajstić information content (AvgIpc) is 2.86. The summed E-state index contributed by atoms with van der Waals surface area (Å²) in [5.74, 6) is 0.0157. The molecule has 1 aliphatic heterocycles. The van der Waals surface area contributed by atoms with Crippen molar-refractivity contribution < 1.29 is 22.7 Å². The minimum absolute atomic E-state index is 0.0365. The van der Waals surface area contributed by atoms with Gasteiger partial charge in [0.05, 0.1) is 12.0 Å². The van der Waals surface area contributed by atoms with Gasteiger partial charge in [-0.3, -0.25) is 10.2 Å². The van der Waals surface area contributed by atoms with Gasteiger partial charge in [0.25, 0.3) is 0 Å². The lowest BCUT2D eigenvalue weighted by Crippen LogP contribution is -2.43. The molecule has 1 fully saturated rings. The molecule has 1 amide bonds. The van der Waals surface area contributed by atoms with E-state index in [1.807, 2.05) is 6.92 Å². The van der Waals surface area contributed by atoms with Gasteiger partial charge in [0, 0.05) is 11.9 Å². The van der Waals surface area contributed by atoms with Gasteiger partial charge in [0.15, 0.2) is 6.04 Å². The Kier molecular flexibility index (Phi) is 5.57. The number of amides is 1. The maximum atomic E-state index is 14.2. The van der Waals surface area contributed by atoms with E-state index in [1.165, 1.54) is 6.07 Å². The van der Waals surface area contributed by atoms with Crippen LogP contribution in [0.1, 0.15) is 45.2 Å². The molecule has 0 aromatic heterocycles. The fourth-order valence-electron chi connectivity index (χ4n) is 3.51. The van der Waals surface area contributed by atoms with Crippen molar-refractivity contribution in [1.29, 1.82) is 0 Å². The third-order valence-electron chi connectivity index (χ3n) is 5.00. The minimum Gasteiger partial charge on any atom is -0.493 e. The van der Waals surface area contributed by atoms with E-state index >= 15 is 0 Å². The summed E-state index contributed by atoms with van der Waals surface area (Å²) in [5, 5.41) is 2.10. The lowest BCUT2D eigenvalue weighted by atomic mass is 9.93. The standard InChI is InChI=1S/C21H25F3N2O2/c1-4-5-12-28-16-11-7-9-14-8-6-10-15(17(14)16)18(21(22,23)24)26-13-20(2,3)19(27)25-26/h6-11,18H,4-5,12-13H2,1-3H3,(H,25,27). The Hall–Kier alpha value is -2.28. The van der Waals surface area contributed by atoms with Gasteiger partial charge in [0.1, 0.15) is 5.75 Å². The topological polar surface area (TPSA) is 41.6 Å². The fraction of sp³-hybridized carbons (Fsp3) is 0.476. The van der Waals surface area contributed by atoms with Gasteiger partial charge in [-0.1, -0.05) is 43.7 Å². The van der Waals surface area contributed by atoms with Gasteiger partial charge in [0.2, 0.25) is 5.91 Å². The first-order valence-electron chi connectivity index (χ1n) is 9.44. The number of fused-ring (bicyclic) bond motifs is 1. The molecule has 0 radical (unpaired) electrons. The Morgan fingerprint density at radius 3 is 2.46 bits per heavy atom. The van der Waals surface area contributed by atoms with Gasteiger partial charge in [-0.2, -0.15) is 13.2 Å². The van der Waals surface area contributed by atoms with Gasteiger partial charge in [-0.25, -0.2) is 5.01 Å². The summed E-state index contributed by atoms with van der Waals surface area (Å²) >= 11 is 0. The van der Waals surface area contributed by atoms with Crippen molar-refractivity contribution in [2.24, 2.45) is 5.41 Å². The van der Waals surface area contributed by atoms with E-state index in [9.17, 15) is 18.0 Å². The first-order valence-corrected chi connectivity index (χ1v) is 9.44. The number of halogens is 3. The van der Waals surface area contributed by atoms with Crippen molar-refractivity contribution in [3.05, 3.63) is 42.0 Å². The van der Waals surface area contributed by atoms with Crippen LogP contribution >= 0.6 is 0 Å². The van der Waals surface area contributed by atoms with Crippen molar-refractivity contribution in [2.75, 3.05) is 13.2 Å². The number of unbranched alkanes of at least 4 members (excludes halogenated alkanes) is 1. The molecule has 1 heterocycles. The average molecular weight is 394 g/mol. The quantitative estimate of drug-likeness (QED) is 0.702. The number of rotatable bonds is 6. The molecule has 0 aliphatic carbocycles. The van der Waals surface area contributed by atoms with Crippen LogP contribution in [0.2, 0.25) is 0 Å². The highest BCUT2D eigenvalue weighted by Gasteiger charge is 2.51. The van der Waals surface area contributed by atoms with Gasteiger partial charge >= 0.3 is 6.18 Å². The summed E-state index contributed by atoms with van der Waals surface area (Å²) in [6, 6.07) is 8.12. The highest BCUT2D eigenvalue weighted by Crippen LogP contribution is 2.44. The monoisotopic (exact) mass is 394 g/mol. The second-order valence-electron chi connectivity index (χ2n) is 7.80. The molecule has 1 aliphatic rings. The summed E-state index contributed by atoms with van der Waals surface area (Å²) < 4.78 is 48.3. The first-order chi connectivity index (χ1) is 13.1. The predicted molar refractivity (Wildman–Crippen MR) is 102 cm³/mol. The SMILES string of the molecule is CCCCOc1cccc2cccc(C(N3CC(C)(C)C(=O)N3)C(F)(F)F)c12. The third kappa shape index (κ3) is 3.94. The molecular formula is C21H25F3N2O2. The van der Waals surface area contributed by atoms with Crippen molar-refractivity contribution >= 4 is 16.7 Å². The van der Waals surface area contributed by atoms with Crippen LogP contribution in [-0.4, -0.2) is 30.2 Å². The number of nitrogens with zero attached hydrogens (tertiary/aromatic N) is 1. The number of alkyl halides is 3. The number of hydrogen-bond acceptors (Lipinski definition) is 3. The Morgan fingerprint density at radius 1 is 1.21 bits per heavy atom. The first kappa shape index (κ1) is 20.5. The number of hydrazine groups is 1. The molecule has 2 aromatic rings. The number of hydrogen-bond donors (Lipinski definition) is 1. The predicted octanol–water partition coefficient (Wildman–Crippen LogP) is 5.00. The number of nitrogens with one attached hydrogen (secondary N) is 1. The van der Waals surface area contributed by atoms with Crippen molar-refractivity contribution in [1.82, 2.24) is 10.4 Å². The minimum atomic E-state index is -4.57. The van der Waals surface area contributed by atoms with Crippen LogP contribution in [0.3, 0.4) is 0 Å². The normalized spacial score (nSPS) is 18.3. The lowest BCUT2D eigenvalue weighted by molar-refractivity contribution is -0.191. The number of ether oxygens (including phenoxy) is 1. The van der Waals surface area contributed by atoms with Crippen LogP contribution in [0.15, 0.2) is 36.4 Å². The van der Waals surface area contributed by atoms with Gasteiger partial charge in [-0.05, 0) is 37.3 Å². The second-order valence-corrected chi connectivity index (χ2v) is 7.80. The summed E-state index contributed by atoms with van der Waals surface area (Å²) in [5.41, 5.74) is 1.60. The zero-order valence-electron chi connectivity index (χ0n) is 16.3. The fourth-order valence-corrected chi connectivity index (χ4v) is 3.51. The largest absolute Gasteiger partial charge is 0.493 e. The van der Waals surface area contributed by atoms with E-state index in [4.69, 9.17) is 4.74 Å². The van der Waals surface area contributed by atoms with E-state index < -0.39 is 23.5 Å². The highest BCUT2D eigenvalue weighted by molar-refractivity contribution is 5.92. The molecule has 152 valence electrons. The maximum Gasteiger partial charge on any atom is 0.409 e. The van der Waals surface area contributed by atoms with Crippen LogP contribution in [0.25, 0.3) is 10.8 Å². The summed E-state index contributed by atoms with van der Waals surface area (Å²) in [6.07, 6.45) is -2.83. The zero-order chi connectivity index (χ0) is 20.5. The highest BCUT2D eigenvalue weighted by atomic mass is 19.4. The Labute approximate surface area is 162 Å². The maximum absolute atomic E-state index is 14.2. The van der Waals surface area contributed by atoms with Crippen LogP contribution in [0.4, 0.5) is 13.2 Å². The zero-order valence-corrected chi connectivity index (χ0v) is 16.3. The molecule has 0 saturated carbocycles. The molecule has 1 saturated heterocycles. The summed E-state index contributed by atoms with van der Waals surface area (Å²) in [7, 11) is 0. The molecule has 4 nitrogen and oxygen atoms in total. The van der Waals surface area contributed by atoms with Crippen molar-refractivity contribution in [3.8, 4) is 5.75 Å². The third-order valence-corrected chi connectivity index (χ3v) is 5.00. The molecule has 1 unspecified atom stereocenters. The van der Waals surface area contributed by atoms with E-state index in [0.29, 0.717) is 23.1 Å².